The number of rotatable bonds is 7. The van der Waals surface area contributed by atoms with Crippen LogP contribution in [0.15, 0.2) is 30.3 Å². The van der Waals surface area contributed by atoms with Crippen LogP contribution >= 0.6 is 0 Å². The fraction of sp³-hybridized carbons (Fsp3) is 0.533. The Morgan fingerprint density at radius 3 is 2.79 bits per heavy atom. The summed E-state index contributed by atoms with van der Waals surface area (Å²) in [6.45, 7) is 3.40. The van der Waals surface area contributed by atoms with Crippen LogP contribution in [0.3, 0.4) is 0 Å². The SMILES string of the molecule is O=C(O)CCCN(CC1CCOC1)c1ccccc1. The lowest BCUT2D eigenvalue weighted by Crippen LogP contribution is -2.31. The Morgan fingerprint density at radius 2 is 2.16 bits per heavy atom. The maximum Gasteiger partial charge on any atom is 0.303 e. The molecule has 4 heteroatoms. The van der Waals surface area contributed by atoms with Crippen LogP contribution in [0.1, 0.15) is 19.3 Å². The number of hydrogen-bond acceptors (Lipinski definition) is 3. The monoisotopic (exact) mass is 263 g/mol. The van der Waals surface area contributed by atoms with Gasteiger partial charge < -0.3 is 14.7 Å². The van der Waals surface area contributed by atoms with E-state index in [9.17, 15) is 4.79 Å². The van der Waals surface area contributed by atoms with Crippen LogP contribution in [0.4, 0.5) is 5.69 Å². The van der Waals surface area contributed by atoms with Crippen LogP contribution in [-0.4, -0.2) is 37.4 Å². The van der Waals surface area contributed by atoms with Gasteiger partial charge >= 0.3 is 5.97 Å². The van der Waals surface area contributed by atoms with E-state index in [1.807, 2.05) is 18.2 Å². The number of carboxylic acid groups (broad SMARTS) is 1. The average Bonchev–Trinajstić information content (AvgIpc) is 2.91. The molecule has 1 heterocycles. The van der Waals surface area contributed by atoms with Gasteiger partial charge in [0, 0.05) is 37.7 Å². The minimum absolute atomic E-state index is 0.227. The highest BCUT2D eigenvalue weighted by molar-refractivity contribution is 5.66. The number of aliphatic carboxylic acids is 1. The smallest absolute Gasteiger partial charge is 0.303 e. The normalized spacial score (nSPS) is 18.4. The Kier molecular flexibility index (Phi) is 5.21. The molecule has 0 radical (unpaired) electrons. The summed E-state index contributed by atoms with van der Waals surface area (Å²) in [7, 11) is 0. The fourth-order valence-corrected chi connectivity index (χ4v) is 2.42. The summed E-state index contributed by atoms with van der Waals surface area (Å²) < 4.78 is 5.42. The van der Waals surface area contributed by atoms with Crippen molar-refractivity contribution in [2.24, 2.45) is 5.92 Å². The Morgan fingerprint density at radius 1 is 1.37 bits per heavy atom. The molecule has 0 saturated carbocycles. The van der Waals surface area contributed by atoms with Gasteiger partial charge in [0.1, 0.15) is 0 Å². The summed E-state index contributed by atoms with van der Waals surface area (Å²) in [5.41, 5.74) is 1.17. The molecule has 0 amide bonds. The molecule has 104 valence electrons. The third-order valence-corrected chi connectivity index (χ3v) is 3.44. The minimum atomic E-state index is -0.725. The molecule has 19 heavy (non-hydrogen) atoms. The first kappa shape index (κ1) is 13.9. The van der Waals surface area contributed by atoms with Crippen molar-refractivity contribution in [3.8, 4) is 0 Å². The molecule has 1 aliphatic heterocycles. The third kappa shape index (κ3) is 4.56. The summed E-state index contributed by atoms with van der Waals surface area (Å²) in [6, 6.07) is 10.2. The second kappa shape index (κ2) is 7.14. The van der Waals surface area contributed by atoms with Gasteiger partial charge in [0.15, 0.2) is 0 Å². The van der Waals surface area contributed by atoms with E-state index in [-0.39, 0.29) is 6.42 Å². The maximum absolute atomic E-state index is 10.6. The Labute approximate surface area is 114 Å². The standard InChI is InChI=1S/C15H21NO3/c17-15(18)7-4-9-16(11-13-8-10-19-12-13)14-5-2-1-3-6-14/h1-3,5-6,13H,4,7-12H2,(H,17,18). The van der Waals surface area contributed by atoms with Crippen molar-refractivity contribution >= 4 is 11.7 Å². The van der Waals surface area contributed by atoms with Crippen LogP contribution in [-0.2, 0) is 9.53 Å². The number of carbonyl (C=O) groups is 1. The molecule has 1 saturated heterocycles. The molecule has 1 aliphatic rings. The summed E-state index contributed by atoms with van der Waals surface area (Å²) in [5.74, 6) is -0.165. The van der Waals surface area contributed by atoms with E-state index in [0.29, 0.717) is 12.3 Å². The average molecular weight is 263 g/mol. The molecule has 2 rings (SSSR count). The first-order valence-electron chi connectivity index (χ1n) is 6.85. The Bertz CT molecular complexity index is 388. The number of para-hydroxylation sites is 1. The first-order chi connectivity index (χ1) is 9.25. The van der Waals surface area contributed by atoms with Gasteiger partial charge in [0.25, 0.3) is 0 Å². The van der Waals surface area contributed by atoms with Crippen LogP contribution < -0.4 is 4.90 Å². The molecular formula is C15H21NO3. The number of nitrogens with zero attached hydrogens (tertiary/aromatic N) is 1. The first-order valence-corrected chi connectivity index (χ1v) is 6.85. The van der Waals surface area contributed by atoms with Gasteiger partial charge in [0.2, 0.25) is 0 Å². The van der Waals surface area contributed by atoms with E-state index in [2.05, 4.69) is 17.0 Å². The highest BCUT2D eigenvalue weighted by Crippen LogP contribution is 2.20. The van der Waals surface area contributed by atoms with Crippen molar-refractivity contribution in [3.63, 3.8) is 0 Å². The topological polar surface area (TPSA) is 49.8 Å². The predicted molar refractivity (Wildman–Crippen MR) is 74.5 cm³/mol. The van der Waals surface area contributed by atoms with Crippen molar-refractivity contribution in [3.05, 3.63) is 30.3 Å². The van der Waals surface area contributed by atoms with Gasteiger partial charge in [-0.05, 0) is 25.0 Å². The second-order valence-corrected chi connectivity index (χ2v) is 5.01. The predicted octanol–water partition coefficient (Wildman–Crippen LogP) is 2.39. The van der Waals surface area contributed by atoms with Gasteiger partial charge in [-0.1, -0.05) is 18.2 Å². The van der Waals surface area contributed by atoms with Gasteiger partial charge in [-0.2, -0.15) is 0 Å². The van der Waals surface area contributed by atoms with E-state index >= 15 is 0 Å². The van der Waals surface area contributed by atoms with E-state index in [1.54, 1.807) is 0 Å². The van der Waals surface area contributed by atoms with Crippen molar-refractivity contribution in [2.75, 3.05) is 31.2 Å². The molecule has 1 fully saturated rings. The van der Waals surface area contributed by atoms with Gasteiger partial charge in [-0.15, -0.1) is 0 Å². The fourth-order valence-electron chi connectivity index (χ4n) is 2.42. The Hall–Kier alpha value is -1.55. The Balaban J connectivity index is 1.93. The lowest BCUT2D eigenvalue weighted by atomic mass is 10.1. The van der Waals surface area contributed by atoms with E-state index in [1.165, 1.54) is 5.69 Å². The van der Waals surface area contributed by atoms with Crippen molar-refractivity contribution in [1.82, 2.24) is 0 Å². The molecular weight excluding hydrogens is 242 g/mol. The van der Waals surface area contributed by atoms with Gasteiger partial charge in [0.05, 0.1) is 6.61 Å². The van der Waals surface area contributed by atoms with Crippen LogP contribution in [0.2, 0.25) is 0 Å². The van der Waals surface area contributed by atoms with Crippen LogP contribution in [0.5, 0.6) is 0 Å². The summed E-state index contributed by atoms with van der Waals surface area (Å²) >= 11 is 0. The third-order valence-electron chi connectivity index (χ3n) is 3.44. The largest absolute Gasteiger partial charge is 0.481 e. The van der Waals surface area contributed by atoms with Crippen molar-refractivity contribution in [2.45, 2.75) is 19.3 Å². The summed E-state index contributed by atoms with van der Waals surface area (Å²) in [4.78, 5) is 12.9. The molecule has 1 aromatic carbocycles. The second-order valence-electron chi connectivity index (χ2n) is 5.01. The molecule has 1 aromatic rings. The van der Waals surface area contributed by atoms with Crippen molar-refractivity contribution in [1.29, 1.82) is 0 Å². The lowest BCUT2D eigenvalue weighted by molar-refractivity contribution is -0.137. The highest BCUT2D eigenvalue weighted by atomic mass is 16.5. The van der Waals surface area contributed by atoms with Gasteiger partial charge in [-0.3, -0.25) is 4.79 Å². The zero-order valence-electron chi connectivity index (χ0n) is 11.1. The molecule has 4 nitrogen and oxygen atoms in total. The molecule has 0 aromatic heterocycles. The van der Waals surface area contributed by atoms with Crippen LogP contribution in [0, 0.1) is 5.92 Å². The zero-order chi connectivity index (χ0) is 13.5. The minimum Gasteiger partial charge on any atom is -0.481 e. The highest BCUT2D eigenvalue weighted by Gasteiger charge is 2.19. The molecule has 0 aliphatic carbocycles. The molecule has 1 atom stereocenters. The summed E-state index contributed by atoms with van der Waals surface area (Å²) in [5, 5.41) is 8.74. The number of carboxylic acids is 1. The van der Waals surface area contributed by atoms with Gasteiger partial charge in [-0.25, -0.2) is 0 Å². The zero-order valence-corrected chi connectivity index (χ0v) is 11.1. The number of ether oxygens (including phenoxy) is 1. The number of anilines is 1. The maximum atomic E-state index is 10.6. The van der Waals surface area contributed by atoms with E-state index in [4.69, 9.17) is 9.84 Å². The molecule has 0 spiro atoms. The van der Waals surface area contributed by atoms with Crippen molar-refractivity contribution < 1.29 is 14.6 Å². The molecule has 0 bridgehead atoms. The quantitative estimate of drug-likeness (QED) is 0.820. The summed E-state index contributed by atoms with van der Waals surface area (Å²) in [6.07, 6.45) is 2.00. The molecule has 1 unspecified atom stereocenters. The molecule has 1 N–H and O–H groups in total. The number of benzene rings is 1. The van der Waals surface area contributed by atoms with E-state index in [0.717, 1.165) is 32.7 Å². The van der Waals surface area contributed by atoms with E-state index < -0.39 is 5.97 Å². The van der Waals surface area contributed by atoms with Crippen LogP contribution in [0.25, 0.3) is 0 Å². The lowest BCUT2D eigenvalue weighted by Gasteiger charge is -2.27. The number of hydrogen-bond donors (Lipinski definition) is 1.